The molecule has 3 fully saturated rings. The molecular weight excluding hydrogens is 492 g/mol. The highest BCUT2D eigenvalue weighted by Crippen LogP contribution is 2.36. The Bertz CT molecular complexity index is 1020. The molecule has 3 atom stereocenters. The average molecular weight is 537 g/mol. The SMILES string of the molecule is O=C1N[C@@H]2CCN(CC(=O)N3CCCCC3)C[C@@H]2C/C=C/CC2(CCOCC2)C(=O)N[C@H]1Cc1ccccc1. The first kappa shape index (κ1) is 27.8. The van der Waals surface area contributed by atoms with Crippen molar-refractivity contribution in [3.05, 3.63) is 48.0 Å². The summed E-state index contributed by atoms with van der Waals surface area (Å²) in [7, 11) is 0. The van der Waals surface area contributed by atoms with Crippen molar-refractivity contribution in [2.45, 2.75) is 69.9 Å². The minimum absolute atomic E-state index is 0.00938. The highest BCUT2D eigenvalue weighted by atomic mass is 16.5. The van der Waals surface area contributed by atoms with E-state index in [4.69, 9.17) is 4.74 Å². The summed E-state index contributed by atoms with van der Waals surface area (Å²) in [6, 6.07) is 9.27. The number of carbonyl (C=O) groups excluding carboxylic acids is 3. The van der Waals surface area contributed by atoms with Crippen LogP contribution in [0.4, 0.5) is 0 Å². The summed E-state index contributed by atoms with van der Waals surface area (Å²) in [5.74, 6) is 0.278. The summed E-state index contributed by atoms with van der Waals surface area (Å²) in [5, 5.41) is 6.48. The number of likely N-dealkylation sites (tertiary alicyclic amines) is 2. The van der Waals surface area contributed by atoms with Gasteiger partial charge in [0.05, 0.1) is 12.0 Å². The average Bonchev–Trinajstić information content (AvgIpc) is 2.97. The Morgan fingerprint density at radius 1 is 0.974 bits per heavy atom. The maximum absolute atomic E-state index is 13.7. The highest BCUT2D eigenvalue weighted by molar-refractivity contribution is 5.90. The molecule has 1 aromatic carbocycles. The zero-order valence-electron chi connectivity index (χ0n) is 23.1. The van der Waals surface area contributed by atoms with Crippen molar-refractivity contribution in [3.8, 4) is 0 Å². The largest absolute Gasteiger partial charge is 0.381 e. The van der Waals surface area contributed by atoms with Crippen LogP contribution in [0.3, 0.4) is 0 Å². The number of allylic oxidation sites excluding steroid dienone is 2. The standard InChI is InChI=1S/C31H44N4O4/c36-28(35-16-7-2-8-17-35)23-34-18-12-26-25(22-34)11-5-6-13-31(14-19-39-20-15-31)30(38)33-27(29(37)32-26)21-24-9-3-1-4-10-24/h1,3-6,9-10,25-27H,2,7-8,11-23H2,(H,32,37)(H,33,38)/b6-5+/t25-,26+,27-/m0/s1. The van der Waals surface area contributed by atoms with E-state index >= 15 is 0 Å². The van der Waals surface area contributed by atoms with Gasteiger partial charge >= 0.3 is 0 Å². The molecule has 0 bridgehead atoms. The second kappa shape index (κ2) is 13.1. The lowest BCUT2D eigenvalue weighted by atomic mass is 9.75. The van der Waals surface area contributed by atoms with Crippen molar-refractivity contribution in [2.24, 2.45) is 11.3 Å². The number of nitrogens with one attached hydrogen (secondary N) is 2. The lowest BCUT2D eigenvalue weighted by molar-refractivity contribution is -0.140. The Morgan fingerprint density at radius 2 is 1.74 bits per heavy atom. The van der Waals surface area contributed by atoms with Crippen LogP contribution in [0.2, 0.25) is 0 Å². The van der Waals surface area contributed by atoms with Gasteiger partial charge in [0.2, 0.25) is 17.7 Å². The van der Waals surface area contributed by atoms with Crippen molar-refractivity contribution in [2.75, 3.05) is 45.9 Å². The molecule has 8 heteroatoms. The van der Waals surface area contributed by atoms with E-state index in [1.54, 1.807) is 0 Å². The summed E-state index contributed by atoms with van der Waals surface area (Å²) in [4.78, 5) is 44.7. The molecule has 212 valence electrons. The number of ether oxygens (including phenoxy) is 1. The molecule has 3 amide bonds. The number of fused-ring (bicyclic) bond motifs is 1. The van der Waals surface area contributed by atoms with Gasteiger partial charge in [0.1, 0.15) is 6.04 Å². The van der Waals surface area contributed by atoms with Crippen molar-refractivity contribution in [1.29, 1.82) is 0 Å². The molecule has 0 unspecified atom stereocenters. The van der Waals surface area contributed by atoms with Crippen LogP contribution in [0, 0.1) is 11.3 Å². The van der Waals surface area contributed by atoms with E-state index in [1.807, 2.05) is 35.2 Å². The van der Waals surface area contributed by atoms with Gasteiger partial charge in [-0.25, -0.2) is 0 Å². The Balaban J connectivity index is 1.33. The molecule has 4 aliphatic heterocycles. The quantitative estimate of drug-likeness (QED) is 0.578. The Morgan fingerprint density at radius 3 is 2.51 bits per heavy atom. The zero-order chi connectivity index (χ0) is 27.1. The van der Waals surface area contributed by atoms with Gasteiger partial charge in [-0.2, -0.15) is 0 Å². The molecule has 1 aromatic rings. The number of nitrogens with zero attached hydrogens (tertiary/aromatic N) is 2. The maximum Gasteiger partial charge on any atom is 0.243 e. The maximum atomic E-state index is 13.7. The number of hydrogen-bond donors (Lipinski definition) is 2. The second-order valence-corrected chi connectivity index (χ2v) is 11.9. The van der Waals surface area contributed by atoms with E-state index in [1.165, 1.54) is 6.42 Å². The topological polar surface area (TPSA) is 91.0 Å². The number of hydrogen-bond acceptors (Lipinski definition) is 5. The van der Waals surface area contributed by atoms with Gasteiger partial charge in [-0.05, 0) is 62.8 Å². The molecule has 2 N–H and O–H groups in total. The van der Waals surface area contributed by atoms with Crippen molar-refractivity contribution < 1.29 is 19.1 Å². The van der Waals surface area contributed by atoms with Crippen LogP contribution in [0.25, 0.3) is 0 Å². The van der Waals surface area contributed by atoms with Crippen LogP contribution in [0.15, 0.2) is 42.5 Å². The fourth-order valence-electron chi connectivity index (χ4n) is 6.63. The summed E-state index contributed by atoms with van der Waals surface area (Å²) in [5.41, 5.74) is 0.468. The van der Waals surface area contributed by atoms with E-state index in [0.29, 0.717) is 45.4 Å². The molecular formula is C31H44N4O4. The summed E-state index contributed by atoms with van der Waals surface area (Å²) >= 11 is 0. The lowest BCUT2D eigenvalue weighted by Gasteiger charge is -2.41. The first-order chi connectivity index (χ1) is 19.0. The third-order valence-electron chi connectivity index (χ3n) is 9.16. The molecule has 0 radical (unpaired) electrons. The number of benzene rings is 1. The van der Waals surface area contributed by atoms with Crippen LogP contribution in [0.5, 0.6) is 0 Å². The van der Waals surface area contributed by atoms with Gasteiger partial charge in [-0.1, -0.05) is 42.5 Å². The minimum atomic E-state index is -0.637. The van der Waals surface area contributed by atoms with E-state index < -0.39 is 11.5 Å². The van der Waals surface area contributed by atoms with Crippen LogP contribution in [-0.4, -0.2) is 85.5 Å². The Hall–Kier alpha value is -2.71. The lowest BCUT2D eigenvalue weighted by Crippen LogP contribution is -2.58. The van der Waals surface area contributed by atoms with Crippen LogP contribution in [-0.2, 0) is 25.5 Å². The van der Waals surface area contributed by atoms with Gasteiger partial charge < -0.3 is 20.3 Å². The molecule has 39 heavy (non-hydrogen) atoms. The molecule has 4 aliphatic rings. The summed E-state index contributed by atoms with van der Waals surface area (Å²) in [6.07, 6.45) is 11.8. The third kappa shape index (κ3) is 7.09. The summed E-state index contributed by atoms with van der Waals surface area (Å²) < 4.78 is 5.60. The van der Waals surface area contributed by atoms with Crippen LogP contribution >= 0.6 is 0 Å². The fourth-order valence-corrected chi connectivity index (χ4v) is 6.63. The van der Waals surface area contributed by atoms with E-state index in [-0.39, 0.29) is 29.7 Å². The number of rotatable bonds is 4. The van der Waals surface area contributed by atoms with Crippen molar-refractivity contribution >= 4 is 17.7 Å². The molecule has 0 saturated carbocycles. The first-order valence-corrected chi connectivity index (χ1v) is 14.9. The predicted octanol–water partition coefficient (Wildman–Crippen LogP) is 2.68. The van der Waals surface area contributed by atoms with Crippen LogP contribution < -0.4 is 10.6 Å². The minimum Gasteiger partial charge on any atom is -0.381 e. The van der Waals surface area contributed by atoms with Gasteiger partial charge in [0.25, 0.3) is 0 Å². The molecule has 1 spiro atoms. The van der Waals surface area contributed by atoms with Gasteiger partial charge in [-0.15, -0.1) is 0 Å². The van der Waals surface area contributed by atoms with Crippen LogP contribution in [0.1, 0.15) is 56.9 Å². The predicted molar refractivity (Wildman–Crippen MR) is 150 cm³/mol. The molecule has 3 saturated heterocycles. The van der Waals surface area contributed by atoms with E-state index in [9.17, 15) is 14.4 Å². The van der Waals surface area contributed by atoms with Gasteiger partial charge in [-0.3, -0.25) is 19.3 Å². The molecule has 8 nitrogen and oxygen atoms in total. The van der Waals surface area contributed by atoms with Crippen molar-refractivity contribution in [3.63, 3.8) is 0 Å². The second-order valence-electron chi connectivity index (χ2n) is 11.9. The Kier molecular flexibility index (Phi) is 9.35. The third-order valence-corrected chi connectivity index (χ3v) is 9.16. The highest BCUT2D eigenvalue weighted by Gasteiger charge is 2.41. The van der Waals surface area contributed by atoms with E-state index in [2.05, 4.69) is 27.7 Å². The fraction of sp³-hybridized carbons (Fsp3) is 0.645. The monoisotopic (exact) mass is 536 g/mol. The summed E-state index contributed by atoms with van der Waals surface area (Å²) in [6.45, 7) is 4.88. The van der Waals surface area contributed by atoms with Gasteiger partial charge in [0, 0.05) is 51.9 Å². The van der Waals surface area contributed by atoms with E-state index in [0.717, 1.165) is 57.4 Å². The number of amides is 3. The normalized spacial score (nSPS) is 29.3. The molecule has 4 heterocycles. The van der Waals surface area contributed by atoms with Gasteiger partial charge in [0.15, 0.2) is 0 Å². The molecule has 0 aromatic heterocycles. The molecule has 0 aliphatic carbocycles. The smallest absolute Gasteiger partial charge is 0.243 e. The first-order valence-electron chi connectivity index (χ1n) is 14.9. The number of carbonyl (C=O) groups is 3. The number of piperidine rings is 2. The zero-order valence-corrected chi connectivity index (χ0v) is 23.1. The molecule has 5 rings (SSSR count). The Labute approximate surface area is 232 Å². The van der Waals surface area contributed by atoms with Crippen molar-refractivity contribution in [1.82, 2.24) is 20.4 Å².